The van der Waals surface area contributed by atoms with E-state index in [4.69, 9.17) is 16.1 Å². The molecule has 1 saturated heterocycles. The highest BCUT2D eigenvalue weighted by atomic mass is 35.5. The summed E-state index contributed by atoms with van der Waals surface area (Å²) in [5.74, 6) is 2.45. The minimum Gasteiger partial charge on any atom is -0.371 e. The van der Waals surface area contributed by atoms with Crippen molar-refractivity contribution in [1.82, 2.24) is 19.7 Å². The maximum Gasteiger partial charge on any atom is 0.261 e. The monoisotopic (exact) mass is 436 g/mol. The maximum atomic E-state index is 12.7. The van der Waals surface area contributed by atoms with Crippen molar-refractivity contribution in [3.63, 3.8) is 0 Å². The van der Waals surface area contributed by atoms with Crippen LogP contribution in [0.4, 0.5) is 5.69 Å². The zero-order valence-electron chi connectivity index (χ0n) is 17.0. The van der Waals surface area contributed by atoms with Gasteiger partial charge in [-0.25, -0.2) is 4.98 Å². The molecule has 0 bridgehead atoms. The van der Waals surface area contributed by atoms with Crippen molar-refractivity contribution in [2.45, 2.75) is 19.4 Å². The van der Waals surface area contributed by atoms with Crippen LogP contribution in [0.3, 0.4) is 0 Å². The van der Waals surface area contributed by atoms with E-state index in [0.29, 0.717) is 34.9 Å². The molecule has 3 heterocycles. The summed E-state index contributed by atoms with van der Waals surface area (Å²) in [6, 6.07) is 7.94. The molecule has 3 atom stereocenters. The fourth-order valence-corrected chi connectivity index (χ4v) is 4.61. The highest BCUT2D eigenvalue weighted by Crippen LogP contribution is 2.57. The van der Waals surface area contributed by atoms with Gasteiger partial charge in [0.1, 0.15) is 6.54 Å². The lowest BCUT2D eigenvalue weighted by Gasteiger charge is -2.21. The smallest absolute Gasteiger partial charge is 0.261 e. The Morgan fingerprint density at radius 2 is 2.16 bits per heavy atom. The molecule has 3 aromatic rings. The van der Waals surface area contributed by atoms with Crippen LogP contribution in [0, 0.1) is 18.8 Å². The second kappa shape index (κ2) is 7.77. The summed E-state index contributed by atoms with van der Waals surface area (Å²) in [5.41, 5.74) is 2.05. The molecule has 9 heteroatoms. The fourth-order valence-electron chi connectivity index (χ4n) is 4.43. The van der Waals surface area contributed by atoms with Crippen LogP contribution in [0.25, 0.3) is 6.08 Å². The maximum absolute atomic E-state index is 12.7. The van der Waals surface area contributed by atoms with Gasteiger partial charge in [-0.15, -0.1) is 0 Å². The van der Waals surface area contributed by atoms with Crippen LogP contribution in [0.15, 0.2) is 51.1 Å². The summed E-state index contributed by atoms with van der Waals surface area (Å²) < 4.78 is 6.90. The first-order chi connectivity index (χ1) is 15.0. The topological polar surface area (TPSA) is 89.4 Å². The molecule has 8 nitrogen and oxygen atoms in total. The Balaban J connectivity index is 1.27. The molecular weight excluding hydrogens is 416 g/mol. The first-order valence-electron chi connectivity index (χ1n) is 10.1. The van der Waals surface area contributed by atoms with E-state index in [2.05, 4.69) is 37.8 Å². The van der Waals surface area contributed by atoms with Crippen LogP contribution in [-0.4, -0.2) is 39.5 Å². The lowest BCUT2D eigenvalue weighted by Crippen LogP contribution is -2.24. The number of piperidine rings is 1. The molecule has 2 aromatic heterocycles. The first-order valence-corrected chi connectivity index (χ1v) is 10.4. The normalized spacial score (nSPS) is 22.1. The summed E-state index contributed by atoms with van der Waals surface area (Å²) >= 11 is 6.12. The third kappa shape index (κ3) is 3.67. The Kier molecular flexibility index (Phi) is 4.94. The summed E-state index contributed by atoms with van der Waals surface area (Å²) in [6.45, 7) is 7.25. The van der Waals surface area contributed by atoms with Crippen molar-refractivity contribution < 1.29 is 4.52 Å². The average molecular weight is 437 g/mol. The number of hydrogen-bond donors (Lipinski definition) is 0. The molecule has 2 fully saturated rings. The zero-order valence-corrected chi connectivity index (χ0v) is 17.7. The Morgan fingerprint density at radius 3 is 2.90 bits per heavy atom. The number of rotatable bonds is 6. The van der Waals surface area contributed by atoms with Gasteiger partial charge < -0.3 is 9.42 Å². The number of hydrogen-bond acceptors (Lipinski definition) is 7. The van der Waals surface area contributed by atoms with E-state index in [9.17, 15) is 4.79 Å². The number of aliphatic imine (C=N–C) groups is 1. The molecule has 5 rings (SSSR count). The Morgan fingerprint density at radius 1 is 1.35 bits per heavy atom. The SMILES string of the molecule is C=N/C=C\c1c(C)ncn(Cc2nc(C3[C@H]4CN(c5cccc(Cl)c5)C[C@@H]34)no2)c1=O. The fraction of sp³-hybridized carbons (Fsp3) is 0.318. The van der Waals surface area contributed by atoms with Gasteiger partial charge in [-0.2, -0.15) is 4.98 Å². The van der Waals surface area contributed by atoms with Crippen LogP contribution in [0.2, 0.25) is 5.02 Å². The van der Waals surface area contributed by atoms with Crippen LogP contribution >= 0.6 is 11.6 Å². The molecule has 2 aliphatic rings. The lowest BCUT2D eigenvalue weighted by molar-refractivity contribution is 0.363. The molecule has 0 amide bonds. The standard InChI is InChI=1S/C22H21ClN6O2/c1-13-16(6-7-24-2)22(30)29(12-25-13)11-19-26-21(27-31-19)20-17-9-28(10-18(17)20)15-5-3-4-14(23)8-15/h3-8,12,17-18,20H,2,9-11H2,1H3/b7-6-/t17-,18+,20?. The molecule has 1 aromatic carbocycles. The number of halogens is 1. The van der Waals surface area contributed by atoms with Gasteiger partial charge in [0.05, 0.1) is 17.6 Å². The summed E-state index contributed by atoms with van der Waals surface area (Å²) in [5, 5.41) is 4.94. The number of aryl methyl sites for hydroxylation is 1. The van der Waals surface area contributed by atoms with Gasteiger partial charge in [0.15, 0.2) is 5.82 Å². The second-order valence-electron chi connectivity index (χ2n) is 7.96. The lowest BCUT2D eigenvalue weighted by atomic mass is 10.2. The zero-order chi connectivity index (χ0) is 21.5. The number of benzene rings is 1. The highest BCUT2D eigenvalue weighted by molar-refractivity contribution is 6.30. The van der Waals surface area contributed by atoms with E-state index in [1.165, 1.54) is 17.1 Å². The van der Waals surface area contributed by atoms with Crippen LogP contribution in [-0.2, 0) is 6.54 Å². The van der Waals surface area contributed by atoms with E-state index < -0.39 is 0 Å². The van der Waals surface area contributed by atoms with Crippen LogP contribution < -0.4 is 10.5 Å². The third-order valence-corrected chi connectivity index (χ3v) is 6.31. The largest absolute Gasteiger partial charge is 0.371 e. The summed E-state index contributed by atoms with van der Waals surface area (Å²) in [4.78, 5) is 27.6. The Labute approximate surface area is 183 Å². The minimum absolute atomic E-state index is 0.179. The van der Waals surface area contributed by atoms with Gasteiger partial charge >= 0.3 is 0 Å². The highest BCUT2D eigenvalue weighted by Gasteiger charge is 2.58. The third-order valence-electron chi connectivity index (χ3n) is 6.07. The first kappa shape index (κ1) is 19.7. The predicted molar refractivity (Wildman–Crippen MR) is 119 cm³/mol. The Bertz CT molecular complexity index is 1220. The molecule has 0 N–H and O–H groups in total. The van der Waals surface area contributed by atoms with Gasteiger partial charge in [-0.05, 0) is 49.8 Å². The molecule has 1 unspecified atom stereocenters. The van der Waals surface area contributed by atoms with E-state index in [0.717, 1.165) is 29.6 Å². The predicted octanol–water partition coefficient (Wildman–Crippen LogP) is 3.16. The van der Waals surface area contributed by atoms with Crippen LogP contribution in [0.1, 0.15) is 28.9 Å². The van der Waals surface area contributed by atoms with Gasteiger partial charge in [0.25, 0.3) is 5.56 Å². The van der Waals surface area contributed by atoms with E-state index >= 15 is 0 Å². The van der Waals surface area contributed by atoms with Crippen molar-refractivity contribution >= 4 is 30.1 Å². The molecule has 158 valence electrons. The molecular formula is C22H21ClN6O2. The summed E-state index contributed by atoms with van der Waals surface area (Å²) in [6.07, 6.45) is 4.57. The number of anilines is 1. The van der Waals surface area contributed by atoms with E-state index in [1.807, 2.05) is 18.2 Å². The van der Waals surface area contributed by atoms with Crippen molar-refractivity contribution in [3.05, 3.63) is 75.1 Å². The number of aromatic nitrogens is 4. The summed E-state index contributed by atoms with van der Waals surface area (Å²) in [7, 11) is 0. The molecule has 1 saturated carbocycles. The molecule has 0 radical (unpaired) electrons. The van der Waals surface area contributed by atoms with E-state index in [-0.39, 0.29) is 12.1 Å². The second-order valence-corrected chi connectivity index (χ2v) is 8.40. The van der Waals surface area contributed by atoms with Gasteiger partial charge in [-0.3, -0.25) is 14.4 Å². The van der Waals surface area contributed by atoms with Crippen molar-refractivity contribution in [2.24, 2.45) is 16.8 Å². The molecule has 31 heavy (non-hydrogen) atoms. The number of nitrogens with zero attached hydrogens (tertiary/aromatic N) is 6. The van der Waals surface area contributed by atoms with Gasteiger partial charge in [-0.1, -0.05) is 22.8 Å². The van der Waals surface area contributed by atoms with Crippen molar-refractivity contribution in [2.75, 3.05) is 18.0 Å². The van der Waals surface area contributed by atoms with Gasteiger partial charge in [0.2, 0.25) is 5.89 Å². The van der Waals surface area contributed by atoms with E-state index in [1.54, 1.807) is 13.0 Å². The van der Waals surface area contributed by atoms with Crippen molar-refractivity contribution in [3.8, 4) is 0 Å². The number of fused-ring (bicyclic) bond motifs is 1. The molecule has 1 aliphatic carbocycles. The molecule has 0 spiro atoms. The van der Waals surface area contributed by atoms with Crippen LogP contribution in [0.5, 0.6) is 0 Å². The average Bonchev–Trinajstić information content (AvgIpc) is 3.10. The van der Waals surface area contributed by atoms with Crippen molar-refractivity contribution in [1.29, 1.82) is 0 Å². The molecule has 1 aliphatic heterocycles. The quantitative estimate of drug-likeness (QED) is 0.551. The van der Waals surface area contributed by atoms with Gasteiger partial charge in [0, 0.05) is 35.9 Å². The Hall–Kier alpha value is -3.26. The minimum atomic E-state index is -0.187.